The molecule has 0 aliphatic carbocycles. The lowest BCUT2D eigenvalue weighted by Crippen LogP contribution is -2.49. The van der Waals surface area contributed by atoms with Gasteiger partial charge in [-0.15, -0.1) is 0 Å². The normalized spacial score (nSPS) is 14.5. The standard InChI is InChI=1S/C11H20N2O3/c1-5-6-11(16-4)10(13-9(3)15)7-12-8(2)14/h5-6,10-11H,7H2,1-4H3,(H,12,14)(H,13,15)/b6-5+/t10-,11+/m0/s1. The predicted octanol–water partition coefficient (Wildman–Crippen LogP) is 0.218. The monoisotopic (exact) mass is 228 g/mol. The second kappa shape index (κ2) is 7.87. The molecule has 0 aromatic carbocycles. The lowest BCUT2D eigenvalue weighted by molar-refractivity contribution is -0.122. The van der Waals surface area contributed by atoms with Crippen molar-refractivity contribution in [2.75, 3.05) is 13.7 Å². The van der Waals surface area contributed by atoms with Gasteiger partial charge in [-0.3, -0.25) is 9.59 Å². The predicted molar refractivity (Wildman–Crippen MR) is 61.9 cm³/mol. The third-order valence-corrected chi connectivity index (χ3v) is 2.01. The number of methoxy groups -OCH3 is 1. The Morgan fingerprint density at radius 3 is 2.31 bits per heavy atom. The number of allylic oxidation sites excluding steroid dienone is 1. The van der Waals surface area contributed by atoms with Crippen LogP contribution in [0.1, 0.15) is 20.8 Å². The van der Waals surface area contributed by atoms with E-state index in [4.69, 9.17) is 4.74 Å². The van der Waals surface area contributed by atoms with Crippen molar-refractivity contribution in [3.63, 3.8) is 0 Å². The van der Waals surface area contributed by atoms with Gasteiger partial charge in [0.15, 0.2) is 0 Å². The zero-order chi connectivity index (χ0) is 12.6. The number of carbonyl (C=O) groups is 2. The summed E-state index contributed by atoms with van der Waals surface area (Å²) in [6.45, 7) is 5.08. The van der Waals surface area contributed by atoms with E-state index >= 15 is 0 Å². The number of amides is 2. The zero-order valence-electron chi connectivity index (χ0n) is 10.2. The van der Waals surface area contributed by atoms with Crippen LogP contribution in [0.4, 0.5) is 0 Å². The number of nitrogens with one attached hydrogen (secondary N) is 2. The Kier molecular flexibility index (Phi) is 7.20. The van der Waals surface area contributed by atoms with E-state index in [2.05, 4.69) is 10.6 Å². The van der Waals surface area contributed by atoms with Crippen LogP contribution in [0.3, 0.4) is 0 Å². The van der Waals surface area contributed by atoms with E-state index < -0.39 is 0 Å². The first-order chi connectivity index (χ1) is 7.51. The van der Waals surface area contributed by atoms with Crippen molar-refractivity contribution in [2.24, 2.45) is 0 Å². The summed E-state index contributed by atoms with van der Waals surface area (Å²) < 4.78 is 5.23. The number of hydrogen-bond acceptors (Lipinski definition) is 3. The minimum atomic E-state index is -0.261. The number of rotatable bonds is 6. The molecule has 2 N–H and O–H groups in total. The Labute approximate surface area is 96.2 Å². The molecule has 0 fully saturated rings. The van der Waals surface area contributed by atoms with E-state index in [1.165, 1.54) is 13.8 Å². The van der Waals surface area contributed by atoms with E-state index in [1.807, 2.05) is 19.1 Å². The van der Waals surface area contributed by atoms with Gasteiger partial charge in [-0.05, 0) is 6.92 Å². The van der Waals surface area contributed by atoms with Crippen LogP contribution >= 0.6 is 0 Å². The molecule has 0 radical (unpaired) electrons. The van der Waals surface area contributed by atoms with E-state index in [9.17, 15) is 9.59 Å². The van der Waals surface area contributed by atoms with Crippen molar-refractivity contribution in [1.82, 2.24) is 10.6 Å². The van der Waals surface area contributed by atoms with Crippen molar-refractivity contribution in [2.45, 2.75) is 32.9 Å². The van der Waals surface area contributed by atoms with Crippen LogP contribution in [0.2, 0.25) is 0 Å². The van der Waals surface area contributed by atoms with Gasteiger partial charge < -0.3 is 15.4 Å². The lowest BCUT2D eigenvalue weighted by Gasteiger charge is -2.24. The maximum absolute atomic E-state index is 11.0. The summed E-state index contributed by atoms with van der Waals surface area (Å²) in [6.07, 6.45) is 3.43. The topological polar surface area (TPSA) is 67.4 Å². The van der Waals surface area contributed by atoms with E-state index in [0.717, 1.165) is 0 Å². The van der Waals surface area contributed by atoms with Crippen molar-refractivity contribution in [1.29, 1.82) is 0 Å². The van der Waals surface area contributed by atoms with Crippen LogP contribution in [0.15, 0.2) is 12.2 Å². The molecule has 0 aliphatic rings. The minimum absolute atomic E-state index is 0.134. The molecule has 0 saturated heterocycles. The molecule has 5 heteroatoms. The molecule has 0 saturated carbocycles. The Balaban J connectivity index is 4.48. The van der Waals surface area contributed by atoms with Gasteiger partial charge in [0.05, 0.1) is 12.1 Å². The SMILES string of the molecule is C/C=C/[C@@H](OC)[C@H](CNC(C)=O)NC(C)=O. The molecule has 0 bridgehead atoms. The van der Waals surface area contributed by atoms with Crippen LogP contribution in [0.5, 0.6) is 0 Å². The molecule has 0 rings (SSSR count). The highest BCUT2D eigenvalue weighted by atomic mass is 16.5. The third-order valence-electron chi connectivity index (χ3n) is 2.01. The van der Waals surface area contributed by atoms with Crippen LogP contribution < -0.4 is 10.6 Å². The summed E-state index contributed by atoms with van der Waals surface area (Å²) in [5.41, 5.74) is 0. The van der Waals surface area contributed by atoms with Gasteiger partial charge in [-0.25, -0.2) is 0 Å². The fraction of sp³-hybridized carbons (Fsp3) is 0.636. The Morgan fingerprint density at radius 1 is 1.31 bits per heavy atom. The Hall–Kier alpha value is -1.36. The van der Waals surface area contributed by atoms with E-state index in [1.54, 1.807) is 7.11 Å². The smallest absolute Gasteiger partial charge is 0.217 e. The summed E-state index contributed by atoms with van der Waals surface area (Å²) in [7, 11) is 1.56. The van der Waals surface area contributed by atoms with Gasteiger partial charge in [0, 0.05) is 27.5 Å². The molecule has 16 heavy (non-hydrogen) atoms. The van der Waals surface area contributed by atoms with Crippen molar-refractivity contribution >= 4 is 11.8 Å². The molecule has 0 aromatic heterocycles. The Bertz CT molecular complexity index is 264. The quantitative estimate of drug-likeness (QED) is 0.639. The second-order valence-electron chi connectivity index (χ2n) is 3.47. The minimum Gasteiger partial charge on any atom is -0.375 e. The molecule has 0 aliphatic heterocycles. The molecule has 0 heterocycles. The molecular weight excluding hydrogens is 208 g/mol. The maximum atomic E-state index is 11.0. The molecule has 2 atom stereocenters. The van der Waals surface area contributed by atoms with Crippen molar-refractivity contribution in [3.05, 3.63) is 12.2 Å². The summed E-state index contributed by atoms with van der Waals surface area (Å²) >= 11 is 0. The van der Waals surface area contributed by atoms with Crippen LogP contribution in [0, 0.1) is 0 Å². The highest BCUT2D eigenvalue weighted by Crippen LogP contribution is 2.00. The molecular formula is C11H20N2O3. The maximum Gasteiger partial charge on any atom is 0.217 e. The van der Waals surface area contributed by atoms with Crippen molar-refractivity contribution in [3.8, 4) is 0 Å². The van der Waals surface area contributed by atoms with Gasteiger partial charge in [0.2, 0.25) is 11.8 Å². The highest BCUT2D eigenvalue weighted by Gasteiger charge is 2.19. The van der Waals surface area contributed by atoms with Gasteiger partial charge >= 0.3 is 0 Å². The van der Waals surface area contributed by atoms with Crippen LogP contribution in [-0.4, -0.2) is 37.6 Å². The molecule has 5 nitrogen and oxygen atoms in total. The van der Waals surface area contributed by atoms with Gasteiger partial charge in [-0.2, -0.15) is 0 Å². The average Bonchev–Trinajstić information content (AvgIpc) is 2.20. The highest BCUT2D eigenvalue weighted by molar-refractivity contribution is 5.74. The first-order valence-corrected chi connectivity index (χ1v) is 5.18. The summed E-state index contributed by atoms with van der Waals surface area (Å²) in [5, 5.41) is 5.40. The first-order valence-electron chi connectivity index (χ1n) is 5.18. The third kappa shape index (κ3) is 6.19. The van der Waals surface area contributed by atoms with Gasteiger partial charge in [0.25, 0.3) is 0 Å². The van der Waals surface area contributed by atoms with Gasteiger partial charge in [0.1, 0.15) is 0 Å². The summed E-state index contributed by atoms with van der Waals surface area (Å²) in [4.78, 5) is 21.8. The average molecular weight is 228 g/mol. The molecule has 0 aromatic rings. The molecule has 0 spiro atoms. The number of ether oxygens (including phenoxy) is 1. The van der Waals surface area contributed by atoms with E-state index in [-0.39, 0.29) is 24.0 Å². The number of hydrogen-bond donors (Lipinski definition) is 2. The lowest BCUT2D eigenvalue weighted by atomic mass is 10.1. The molecule has 92 valence electrons. The van der Waals surface area contributed by atoms with Crippen LogP contribution in [-0.2, 0) is 14.3 Å². The first kappa shape index (κ1) is 14.6. The summed E-state index contributed by atoms with van der Waals surface area (Å²) in [5.74, 6) is -0.285. The fourth-order valence-corrected chi connectivity index (χ4v) is 1.33. The van der Waals surface area contributed by atoms with Gasteiger partial charge in [-0.1, -0.05) is 12.2 Å². The van der Waals surface area contributed by atoms with Crippen molar-refractivity contribution < 1.29 is 14.3 Å². The van der Waals surface area contributed by atoms with Crippen LogP contribution in [0.25, 0.3) is 0 Å². The zero-order valence-corrected chi connectivity index (χ0v) is 10.2. The molecule has 0 unspecified atom stereocenters. The van der Waals surface area contributed by atoms with E-state index in [0.29, 0.717) is 6.54 Å². The number of carbonyl (C=O) groups excluding carboxylic acids is 2. The molecule has 2 amide bonds. The Morgan fingerprint density at radius 2 is 1.94 bits per heavy atom. The second-order valence-corrected chi connectivity index (χ2v) is 3.47. The largest absolute Gasteiger partial charge is 0.375 e. The summed E-state index contributed by atoms with van der Waals surface area (Å²) in [6, 6.07) is -0.261. The fourth-order valence-electron chi connectivity index (χ4n) is 1.33.